The quantitative estimate of drug-likeness (QED) is 0.777. The lowest BCUT2D eigenvalue weighted by atomic mass is 9.78. The van der Waals surface area contributed by atoms with E-state index in [1.165, 1.54) is 25.7 Å². The molecule has 3 unspecified atom stereocenters. The highest BCUT2D eigenvalue weighted by Gasteiger charge is 2.39. The molecule has 1 saturated heterocycles. The van der Waals surface area contributed by atoms with Crippen molar-refractivity contribution in [2.45, 2.75) is 63.5 Å². The van der Waals surface area contributed by atoms with Crippen LogP contribution in [0.1, 0.15) is 51.9 Å². The van der Waals surface area contributed by atoms with Crippen LogP contribution < -0.4 is 11.5 Å². The summed E-state index contributed by atoms with van der Waals surface area (Å²) in [4.78, 5) is 14.1. The fraction of sp³-hybridized carbons (Fsp3) is 0.929. The molecule has 1 saturated carbocycles. The Morgan fingerprint density at radius 3 is 2.72 bits per heavy atom. The van der Waals surface area contributed by atoms with Crippen LogP contribution in [-0.4, -0.2) is 35.5 Å². The van der Waals surface area contributed by atoms with Crippen LogP contribution in [0, 0.1) is 5.92 Å². The molecule has 104 valence electrons. The average Bonchev–Trinajstić information content (AvgIpc) is 2.54. The average molecular weight is 253 g/mol. The first-order valence-electron chi connectivity index (χ1n) is 7.34. The summed E-state index contributed by atoms with van der Waals surface area (Å²) in [6, 6.07) is 0.460. The Morgan fingerprint density at radius 1 is 1.22 bits per heavy atom. The maximum atomic E-state index is 11.5. The third-order valence-electron chi connectivity index (χ3n) is 4.82. The van der Waals surface area contributed by atoms with Crippen molar-refractivity contribution in [3.05, 3.63) is 0 Å². The summed E-state index contributed by atoms with van der Waals surface area (Å²) in [6.45, 7) is 4.64. The fourth-order valence-electron chi connectivity index (χ4n) is 3.46. The van der Waals surface area contributed by atoms with Crippen LogP contribution >= 0.6 is 0 Å². The number of carbonyl (C=O) groups is 1. The summed E-state index contributed by atoms with van der Waals surface area (Å²) in [5.41, 5.74) is 10.9. The summed E-state index contributed by atoms with van der Waals surface area (Å²) in [7, 11) is 0. The van der Waals surface area contributed by atoms with Crippen molar-refractivity contribution >= 4 is 5.91 Å². The lowest BCUT2D eigenvalue weighted by Gasteiger charge is -2.41. The molecule has 2 fully saturated rings. The van der Waals surface area contributed by atoms with Gasteiger partial charge in [0.15, 0.2) is 0 Å². The molecule has 0 spiro atoms. The molecule has 1 aliphatic heterocycles. The number of amides is 1. The molecular formula is C14H27N3O. The fourth-order valence-corrected chi connectivity index (χ4v) is 3.46. The number of primary amides is 1. The standard InChI is InChI=1S/C14H27N3O/c1-11-4-3-8-17(9-6-11)12-5-2-7-14(16,10-12)13(15)18/h11-12H,2-10,16H2,1H3,(H2,15,18). The Balaban J connectivity index is 1.98. The smallest absolute Gasteiger partial charge is 0.237 e. The van der Waals surface area contributed by atoms with Crippen molar-refractivity contribution in [2.24, 2.45) is 17.4 Å². The highest BCUT2D eigenvalue weighted by Crippen LogP contribution is 2.31. The Hall–Kier alpha value is -0.610. The molecule has 0 aromatic rings. The number of carbonyl (C=O) groups excluding carboxylic acids is 1. The normalized spacial score (nSPS) is 39.2. The van der Waals surface area contributed by atoms with Gasteiger partial charge >= 0.3 is 0 Å². The van der Waals surface area contributed by atoms with E-state index in [-0.39, 0.29) is 5.91 Å². The van der Waals surface area contributed by atoms with E-state index in [2.05, 4.69) is 11.8 Å². The summed E-state index contributed by atoms with van der Waals surface area (Å²) in [6.07, 6.45) is 7.56. The first-order valence-corrected chi connectivity index (χ1v) is 7.34. The van der Waals surface area contributed by atoms with E-state index in [4.69, 9.17) is 11.5 Å². The molecule has 2 rings (SSSR count). The maximum Gasteiger partial charge on any atom is 0.237 e. The summed E-state index contributed by atoms with van der Waals surface area (Å²) < 4.78 is 0. The van der Waals surface area contributed by atoms with Gasteiger partial charge in [-0.1, -0.05) is 6.92 Å². The van der Waals surface area contributed by atoms with Gasteiger partial charge in [-0.3, -0.25) is 4.79 Å². The SMILES string of the molecule is CC1CCCN(C2CCCC(N)(C(N)=O)C2)CC1. The minimum absolute atomic E-state index is 0.324. The lowest BCUT2D eigenvalue weighted by molar-refractivity contribution is -0.125. The van der Waals surface area contributed by atoms with Crippen molar-refractivity contribution in [3.8, 4) is 0 Å². The van der Waals surface area contributed by atoms with E-state index in [9.17, 15) is 4.79 Å². The topological polar surface area (TPSA) is 72.3 Å². The molecule has 3 atom stereocenters. The Bertz CT molecular complexity index is 307. The van der Waals surface area contributed by atoms with Crippen LogP contribution in [0.15, 0.2) is 0 Å². The van der Waals surface area contributed by atoms with E-state index in [1.54, 1.807) is 0 Å². The molecule has 4 nitrogen and oxygen atoms in total. The van der Waals surface area contributed by atoms with Gasteiger partial charge in [0.2, 0.25) is 5.91 Å². The van der Waals surface area contributed by atoms with E-state index >= 15 is 0 Å². The van der Waals surface area contributed by atoms with Crippen molar-refractivity contribution in [3.63, 3.8) is 0 Å². The molecule has 4 N–H and O–H groups in total. The lowest BCUT2D eigenvalue weighted by Crippen LogP contribution is -2.58. The third kappa shape index (κ3) is 3.04. The molecule has 2 aliphatic rings. The molecular weight excluding hydrogens is 226 g/mol. The zero-order chi connectivity index (χ0) is 13.2. The van der Waals surface area contributed by atoms with Crippen LogP contribution in [0.2, 0.25) is 0 Å². The Morgan fingerprint density at radius 2 is 2.00 bits per heavy atom. The van der Waals surface area contributed by atoms with E-state index < -0.39 is 5.54 Å². The van der Waals surface area contributed by atoms with E-state index in [1.807, 2.05) is 0 Å². The van der Waals surface area contributed by atoms with Gasteiger partial charge in [-0.15, -0.1) is 0 Å². The first kappa shape index (κ1) is 13.8. The number of nitrogens with zero attached hydrogens (tertiary/aromatic N) is 1. The van der Waals surface area contributed by atoms with Gasteiger partial charge in [0, 0.05) is 6.04 Å². The van der Waals surface area contributed by atoms with Crippen LogP contribution in [0.5, 0.6) is 0 Å². The van der Waals surface area contributed by atoms with Gasteiger partial charge in [-0.05, 0) is 64.0 Å². The zero-order valence-corrected chi connectivity index (χ0v) is 11.5. The van der Waals surface area contributed by atoms with Crippen LogP contribution in [0.4, 0.5) is 0 Å². The third-order valence-corrected chi connectivity index (χ3v) is 4.82. The number of rotatable bonds is 2. The van der Waals surface area contributed by atoms with Gasteiger partial charge in [0.1, 0.15) is 0 Å². The van der Waals surface area contributed by atoms with Gasteiger partial charge in [-0.25, -0.2) is 0 Å². The second-order valence-corrected chi connectivity index (χ2v) is 6.34. The molecule has 0 bridgehead atoms. The van der Waals surface area contributed by atoms with Crippen molar-refractivity contribution in [2.75, 3.05) is 13.1 Å². The second kappa shape index (κ2) is 5.57. The molecule has 0 radical (unpaired) electrons. The Labute approximate surface area is 110 Å². The van der Waals surface area contributed by atoms with Crippen LogP contribution in [0.3, 0.4) is 0 Å². The summed E-state index contributed by atoms with van der Waals surface area (Å²) >= 11 is 0. The van der Waals surface area contributed by atoms with Gasteiger partial charge in [0.05, 0.1) is 5.54 Å². The minimum atomic E-state index is -0.763. The molecule has 4 heteroatoms. The predicted molar refractivity (Wildman–Crippen MR) is 73.0 cm³/mol. The highest BCUT2D eigenvalue weighted by atomic mass is 16.1. The largest absolute Gasteiger partial charge is 0.368 e. The molecule has 0 aromatic heterocycles. The number of nitrogens with two attached hydrogens (primary N) is 2. The van der Waals surface area contributed by atoms with Crippen molar-refractivity contribution in [1.29, 1.82) is 0 Å². The molecule has 18 heavy (non-hydrogen) atoms. The highest BCUT2D eigenvalue weighted by molar-refractivity contribution is 5.84. The first-order chi connectivity index (χ1) is 8.51. The minimum Gasteiger partial charge on any atom is -0.368 e. The molecule has 1 aliphatic carbocycles. The summed E-state index contributed by atoms with van der Waals surface area (Å²) in [5.74, 6) is 0.507. The number of likely N-dealkylation sites (tertiary alicyclic amines) is 1. The van der Waals surface area contributed by atoms with Gasteiger partial charge in [-0.2, -0.15) is 0 Å². The molecule has 1 amide bonds. The summed E-state index contributed by atoms with van der Waals surface area (Å²) in [5, 5.41) is 0. The van der Waals surface area contributed by atoms with Crippen molar-refractivity contribution in [1.82, 2.24) is 4.90 Å². The monoisotopic (exact) mass is 253 g/mol. The second-order valence-electron chi connectivity index (χ2n) is 6.34. The maximum absolute atomic E-state index is 11.5. The van der Waals surface area contributed by atoms with Crippen LogP contribution in [-0.2, 0) is 4.79 Å². The number of hydrogen-bond donors (Lipinski definition) is 2. The van der Waals surface area contributed by atoms with Crippen LogP contribution in [0.25, 0.3) is 0 Å². The van der Waals surface area contributed by atoms with E-state index in [0.29, 0.717) is 6.04 Å². The zero-order valence-electron chi connectivity index (χ0n) is 11.5. The predicted octanol–water partition coefficient (Wildman–Crippen LogP) is 1.23. The number of hydrogen-bond acceptors (Lipinski definition) is 3. The van der Waals surface area contributed by atoms with Gasteiger partial charge < -0.3 is 16.4 Å². The molecule has 0 aromatic carbocycles. The van der Waals surface area contributed by atoms with Gasteiger partial charge in [0.25, 0.3) is 0 Å². The van der Waals surface area contributed by atoms with E-state index in [0.717, 1.165) is 38.3 Å². The molecule has 1 heterocycles. The Kier molecular flexibility index (Phi) is 4.28. The van der Waals surface area contributed by atoms with Crippen molar-refractivity contribution < 1.29 is 4.79 Å².